The number of aryl methyl sites for hydroxylation is 2. The quantitative estimate of drug-likeness (QED) is 0.594. The monoisotopic (exact) mass is 226 g/mol. The van der Waals surface area contributed by atoms with Gasteiger partial charge in [0.25, 0.3) is 0 Å². The van der Waals surface area contributed by atoms with Crippen LogP contribution in [-0.2, 0) is 0 Å². The molecule has 0 aromatic heterocycles. The Balaban J connectivity index is 0.000000288. The molecule has 1 heteroatoms. The summed E-state index contributed by atoms with van der Waals surface area (Å²) >= 11 is 5.81. The Morgan fingerprint density at radius 2 is 1.53 bits per heavy atom. The molecule has 0 amide bonds. The Labute approximate surface area is 99.7 Å². The van der Waals surface area contributed by atoms with Crippen molar-refractivity contribution >= 4 is 11.6 Å². The summed E-state index contributed by atoms with van der Waals surface area (Å²) < 4.78 is 0. The topological polar surface area (TPSA) is 0 Å². The van der Waals surface area contributed by atoms with Gasteiger partial charge in [0, 0.05) is 5.02 Å². The van der Waals surface area contributed by atoms with Crippen molar-refractivity contribution in [1.82, 2.24) is 0 Å². The van der Waals surface area contributed by atoms with Gasteiger partial charge in [-0.3, -0.25) is 0 Å². The van der Waals surface area contributed by atoms with Crippen LogP contribution in [0.15, 0.2) is 18.2 Å². The summed E-state index contributed by atoms with van der Waals surface area (Å²) in [6, 6.07) is 6.05. The zero-order chi connectivity index (χ0) is 11.7. The lowest BCUT2D eigenvalue weighted by molar-refractivity contribution is 0.702. The number of halogens is 1. The second-order valence-electron chi connectivity index (χ2n) is 3.96. The largest absolute Gasteiger partial charge is 0.0840 e. The lowest BCUT2D eigenvalue weighted by Gasteiger charge is -1.96. The molecule has 0 aliphatic rings. The average Bonchev–Trinajstić information content (AvgIpc) is 2.22. The van der Waals surface area contributed by atoms with Gasteiger partial charge >= 0.3 is 0 Å². The molecule has 0 aliphatic carbocycles. The molecule has 1 aromatic rings. The van der Waals surface area contributed by atoms with E-state index < -0.39 is 0 Å². The first-order valence-electron chi connectivity index (χ1n) is 5.84. The van der Waals surface area contributed by atoms with Crippen molar-refractivity contribution in [2.24, 2.45) is 0 Å². The van der Waals surface area contributed by atoms with Crippen LogP contribution in [0.25, 0.3) is 0 Å². The summed E-state index contributed by atoms with van der Waals surface area (Å²) in [6.45, 7) is 8.50. The zero-order valence-corrected chi connectivity index (χ0v) is 11.2. The van der Waals surface area contributed by atoms with Gasteiger partial charge in [0.2, 0.25) is 0 Å². The highest BCUT2D eigenvalue weighted by molar-refractivity contribution is 6.31. The summed E-state index contributed by atoms with van der Waals surface area (Å²) in [4.78, 5) is 0. The van der Waals surface area contributed by atoms with Gasteiger partial charge in [-0.15, -0.1) is 0 Å². The van der Waals surface area contributed by atoms with Crippen LogP contribution in [0.2, 0.25) is 5.02 Å². The molecule has 86 valence electrons. The molecule has 0 fully saturated rings. The number of hydrogen-bond donors (Lipinski definition) is 0. The molecule has 15 heavy (non-hydrogen) atoms. The fraction of sp³-hybridized carbons (Fsp3) is 0.571. The van der Waals surface area contributed by atoms with Crippen LogP contribution in [0.4, 0.5) is 0 Å². The van der Waals surface area contributed by atoms with Gasteiger partial charge in [0.1, 0.15) is 0 Å². The second kappa shape index (κ2) is 8.79. The fourth-order valence-corrected chi connectivity index (χ4v) is 1.43. The first kappa shape index (κ1) is 14.5. The van der Waals surface area contributed by atoms with Crippen molar-refractivity contribution in [3.05, 3.63) is 34.3 Å². The zero-order valence-electron chi connectivity index (χ0n) is 10.4. The Morgan fingerprint density at radius 3 is 1.87 bits per heavy atom. The molecule has 0 saturated carbocycles. The van der Waals surface area contributed by atoms with Crippen LogP contribution in [0.5, 0.6) is 0 Å². The molecule has 0 N–H and O–H groups in total. The van der Waals surface area contributed by atoms with Gasteiger partial charge in [-0.2, -0.15) is 0 Å². The molecular formula is C14H23Cl. The Hall–Kier alpha value is -0.490. The van der Waals surface area contributed by atoms with Gasteiger partial charge in [0.05, 0.1) is 0 Å². The summed E-state index contributed by atoms with van der Waals surface area (Å²) in [5.74, 6) is 0. The van der Waals surface area contributed by atoms with E-state index in [0.717, 1.165) is 10.6 Å². The Morgan fingerprint density at radius 1 is 1.00 bits per heavy atom. The predicted octanol–water partition coefficient (Wildman–Crippen LogP) is 5.54. The summed E-state index contributed by atoms with van der Waals surface area (Å²) in [6.07, 6.45) is 5.54. The minimum absolute atomic E-state index is 0.856. The van der Waals surface area contributed by atoms with E-state index in [2.05, 4.69) is 19.9 Å². The van der Waals surface area contributed by atoms with Crippen LogP contribution in [-0.4, -0.2) is 0 Å². The van der Waals surface area contributed by atoms with E-state index in [4.69, 9.17) is 11.6 Å². The highest BCUT2D eigenvalue weighted by Crippen LogP contribution is 2.15. The molecule has 0 unspecified atom stereocenters. The average molecular weight is 227 g/mol. The molecule has 0 bridgehead atoms. The molecule has 1 aromatic carbocycles. The minimum Gasteiger partial charge on any atom is -0.0840 e. The second-order valence-corrected chi connectivity index (χ2v) is 4.37. The van der Waals surface area contributed by atoms with Crippen LogP contribution >= 0.6 is 11.6 Å². The lowest BCUT2D eigenvalue weighted by Crippen LogP contribution is -1.75. The smallest absolute Gasteiger partial charge is 0.0437 e. The maximum Gasteiger partial charge on any atom is 0.0437 e. The maximum absolute atomic E-state index is 5.81. The van der Waals surface area contributed by atoms with E-state index in [-0.39, 0.29) is 0 Å². The van der Waals surface area contributed by atoms with Crippen molar-refractivity contribution < 1.29 is 0 Å². The van der Waals surface area contributed by atoms with Crippen molar-refractivity contribution in [3.63, 3.8) is 0 Å². The summed E-state index contributed by atoms with van der Waals surface area (Å²) in [5.41, 5.74) is 2.35. The van der Waals surface area contributed by atoms with E-state index in [9.17, 15) is 0 Å². The number of benzene rings is 1. The summed E-state index contributed by atoms with van der Waals surface area (Å²) in [7, 11) is 0. The van der Waals surface area contributed by atoms with Gasteiger partial charge in [-0.1, -0.05) is 63.3 Å². The molecule has 0 spiro atoms. The fourth-order valence-electron chi connectivity index (χ4n) is 1.20. The van der Waals surface area contributed by atoms with Gasteiger partial charge in [0.15, 0.2) is 0 Å². The molecule has 0 heterocycles. The van der Waals surface area contributed by atoms with Gasteiger partial charge in [-0.05, 0) is 31.0 Å². The Bertz CT molecular complexity index is 262. The standard InChI is InChI=1S/C8H9Cl.C6H14/c1-6-3-4-7(2)8(9)5-6;1-3-5-6-4-2/h3-5H,1-2H3;3-6H2,1-2H3. The van der Waals surface area contributed by atoms with Crippen LogP contribution in [0.3, 0.4) is 0 Å². The summed E-state index contributed by atoms with van der Waals surface area (Å²) in [5, 5.41) is 0.856. The maximum atomic E-state index is 5.81. The van der Waals surface area contributed by atoms with Gasteiger partial charge < -0.3 is 0 Å². The van der Waals surface area contributed by atoms with Gasteiger partial charge in [-0.25, -0.2) is 0 Å². The first-order valence-corrected chi connectivity index (χ1v) is 6.22. The van der Waals surface area contributed by atoms with E-state index in [0.29, 0.717) is 0 Å². The van der Waals surface area contributed by atoms with Crippen molar-refractivity contribution in [3.8, 4) is 0 Å². The molecule has 0 saturated heterocycles. The SMILES string of the molecule is CCCCCC.Cc1ccc(C)c(Cl)c1. The molecular weight excluding hydrogens is 204 g/mol. The van der Waals surface area contributed by atoms with Crippen LogP contribution in [0, 0.1) is 13.8 Å². The lowest BCUT2D eigenvalue weighted by atomic mass is 10.2. The van der Waals surface area contributed by atoms with Crippen molar-refractivity contribution in [2.75, 3.05) is 0 Å². The third-order valence-electron chi connectivity index (χ3n) is 2.28. The van der Waals surface area contributed by atoms with Crippen molar-refractivity contribution in [1.29, 1.82) is 0 Å². The highest BCUT2D eigenvalue weighted by atomic mass is 35.5. The number of unbranched alkanes of at least 4 members (excludes halogenated alkanes) is 3. The number of rotatable bonds is 3. The molecule has 1 rings (SSSR count). The highest BCUT2D eigenvalue weighted by Gasteiger charge is 1.91. The van der Waals surface area contributed by atoms with E-state index in [1.54, 1.807) is 0 Å². The van der Waals surface area contributed by atoms with Crippen molar-refractivity contribution in [2.45, 2.75) is 53.4 Å². The molecule has 0 aliphatic heterocycles. The number of hydrogen-bond acceptors (Lipinski definition) is 0. The minimum atomic E-state index is 0.856. The van der Waals surface area contributed by atoms with E-state index >= 15 is 0 Å². The molecule has 0 radical (unpaired) electrons. The third kappa shape index (κ3) is 7.44. The molecule has 0 atom stereocenters. The van der Waals surface area contributed by atoms with E-state index in [1.165, 1.54) is 31.2 Å². The normalized spacial score (nSPS) is 9.40. The predicted molar refractivity (Wildman–Crippen MR) is 70.7 cm³/mol. The molecule has 0 nitrogen and oxygen atoms in total. The first-order chi connectivity index (χ1) is 7.11. The third-order valence-corrected chi connectivity index (χ3v) is 2.69. The van der Waals surface area contributed by atoms with E-state index in [1.807, 2.05) is 26.0 Å². The van der Waals surface area contributed by atoms with Crippen LogP contribution in [0.1, 0.15) is 50.7 Å². The van der Waals surface area contributed by atoms with Crippen LogP contribution < -0.4 is 0 Å². The Kier molecular flexibility index (Phi) is 8.50.